The van der Waals surface area contributed by atoms with E-state index in [4.69, 9.17) is 4.98 Å². The third-order valence-corrected chi connectivity index (χ3v) is 4.04. The van der Waals surface area contributed by atoms with E-state index in [0.717, 1.165) is 31.4 Å². The zero-order valence-electron chi connectivity index (χ0n) is 14.3. The second-order valence-corrected chi connectivity index (χ2v) is 6.86. The van der Waals surface area contributed by atoms with Gasteiger partial charge >= 0.3 is 0 Å². The van der Waals surface area contributed by atoms with Gasteiger partial charge in [-0.05, 0) is 56.7 Å². The zero-order chi connectivity index (χ0) is 15.4. The molecule has 2 rings (SSSR count). The fraction of sp³-hybridized carbons (Fsp3) is 0.722. The van der Waals surface area contributed by atoms with E-state index in [1.54, 1.807) is 0 Å². The minimum absolute atomic E-state index is 0.472. The second-order valence-electron chi connectivity index (χ2n) is 6.86. The third kappa shape index (κ3) is 4.70. The van der Waals surface area contributed by atoms with Crippen molar-refractivity contribution in [3.8, 4) is 0 Å². The fourth-order valence-electron chi connectivity index (χ4n) is 2.57. The molecular weight excluding hydrogens is 258 g/mol. The lowest BCUT2D eigenvalue weighted by molar-refractivity contribution is 0.651. The molecule has 1 aliphatic rings. The number of nitrogens with zero attached hydrogens (tertiary/aromatic N) is 2. The summed E-state index contributed by atoms with van der Waals surface area (Å²) in [6.45, 7) is 13.2. The summed E-state index contributed by atoms with van der Waals surface area (Å²) in [5.74, 6) is 1.62. The van der Waals surface area contributed by atoms with Crippen LogP contribution in [0.15, 0.2) is 12.1 Å². The van der Waals surface area contributed by atoms with E-state index >= 15 is 0 Å². The van der Waals surface area contributed by atoms with Crippen molar-refractivity contribution < 1.29 is 0 Å². The topological polar surface area (TPSA) is 28.2 Å². The van der Waals surface area contributed by atoms with Crippen molar-refractivity contribution >= 4 is 5.82 Å². The predicted octanol–water partition coefficient (Wildman–Crippen LogP) is 4.08. The monoisotopic (exact) mass is 289 g/mol. The Morgan fingerprint density at radius 2 is 1.95 bits per heavy atom. The van der Waals surface area contributed by atoms with Crippen LogP contribution in [0.3, 0.4) is 0 Å². The van der Waals surface area contributed by atoms with Crippen molar-refractivity contribution in [2.24, 2.45) is 0 Å². The van der Waals surface area contributed by atoms with Crippen LogP contribution in [0.2, 0.25) is 0 Å². The first-order chi connectivity index (χ1) is 10.0. The van der Waals surface area contributed by atoms with Gasteiger partial charge < -0.3 is 10.2 Å². The number of anilines is 1. The van der Waals surface area contributed by atoms with Crippen LogP contribution in [0.5, 0.6) is 0 Å². The Balaban J connectivity index is 2.23. The van der Waals surface area contributed by atoms with Crippen LogP contribution in [-0.4, -0.2) is 23.6 Å². The molecule has 1 fully saturated rings. The lowest BCUT2D eigenvalue weighted by atomic mass is 10.1. The first-order valence-corrected chi connectivity index (χ1v) is 8.52. The highest BCUT2D eigenvalue weighted by Gasteiger charge is 2.21. The Morgan fingerprint density at radius 1 is 1.24 bits per heavy atom. The summed E-state index contributed by atoms with van der Waals surface area (Å²) in [4.78, 5) is 7.34. The Bertz CT molecular complexity index is 450. The number of nitrogens with one attached hydrogen (secondary N) is 1. The van der Waals surface area contributed by atoms with E-state index in [1.807, 2.05) is 0 Å². The van der Waals surface area contributed by atoms with Crippen LogP contribution >= 0.6 is 0 Å². The molecule has 0 unspecified atom stereocenters. The lowest BCUT2D eigenvalue weighted by Crippen LogP contribution is -2.32. The van der Waals surface area contributed by atoms with E-state index in [0.29, 0.717) is 12.0 Å². The molecule has 3 nitrogen and oxygen atoms in total. The fourth-order valence-corrected chi connectivity index (χ4v) is 2.57. The van der Waals surface area contributed by atoms with Crippen molar-refractivity contribution in [2.45, 2.75) is 78.4 Å². The molecule has 3 heteroatoms. The van der Waals surface area contributed by atoms with E-state index < -0.39 is 0 Å². The molecule has 0 aliphatic heterocycles. The molecule has 1 N–H and O–H groups in total. The van der Waals surface area contributed by atoms with Gasteiger partial charge in [0, 0.05) is 30.9 Å². The van der Waals surface area contributed by atoms with Crippen molar-refractivity contribution in [2.75, 3.05) is 11.4 Å². The van der Waals surface area contributed by atoms with Crippen LogP contribution in [0, 0.1) is 0 Å². The lowest BCUT2D eigenvalue weighted by Gasteiger charge is -2.28. The Kier molecular flexibility index (Phi) is 5.63. The normalized spacial score (nSPS) is 15.0. The van der Waals surface area contributed by atoms with Crippen LogP contribution in [-0.2, 0) is 6.54 Å². The maximum atomic E-state index is 4.91. The summed E-state index contributed by atoms with van der Waals surface area (Å²) in [5, 5.41) is 3.62. The molecule has 0 saturated heterocycles. The molecule has 0 spiro atoms. The largest absolute Gasteiger partial charge is 0.354 e. The van der Waals surface area contributed by atoms with Gasteiger partial charge in [-0.1, -0.05) is 20.8 Å². The van der Waals surface area contributed by atoms with Crippen molar-refractivity contribution in [1.29, 1.82) is 0 Å². The van der Waals surface area contributed by atoms with Gasteiger partial charge in [-0.2, -0.15) is 0 Å². The minimum Gasteiger partial charge on any atom is -0.354 e. The average Bonchev–Trinajstić information content (AvgIpc) is 3.26. The molecule has 1 aromatic heterocycles. The molecule has 1 heterocycles. The minimum atomic E-state index is 0.472. The summed E-state index contributed by atoms with van der Waals surface area (Å²) < 4.78 is 0. The number of hydrogen-bond donors (Lipinski definition) is 1. The highest BCUT2D eigenvalue weighted by Crippen LogP contribution is 2.24. The Labute approximate surface area is 130 Å². The highest BCUT2D eigenvalue weighted by atomic mass is 15.2. The first kappa shape index (κ1) is 16.3. The Hall–Kier alpha value is -1.09. The van der Waals surface area contributed by atoms with Crippen molar-refractivity contribution in [1.82, 2.24) is 10.3 Å². The van der Waals surface area contributed by atoms with Gasteiger partial charge in [-0.3, -0.25) is 0 Å². The average molecular weight is 289 g/mol. The number of pyridine rings is 1. The van der Waals surface area contributed by atoms with E-state index in [2.05, 4.69) is 57.0 Å². The maximum absolute atomic E-state index is 4.91. The van der Waals surface area contributed by atoms with Gasteiger partial charge in [0.25, 0.3) is 0 Å². The molecular formula is C18H31N3. The summed E-state index contributed by atoms with van der Waals surface area (Å²) in [7, 11) is 0. The number of aromatic nitrogens is 1. The zero-order valence-corrected chi connectivity index (χ0v) is 14.3. The molecule has 1 aromatic rings. The predicted molar refractivity (Wildman–Crippen MR) is 91.0 cm³/mol. The highest BCUT2D eigenvalue weighted by molar-refractivity contribution is 5.44. The SMILES string of the molecule is CCCN(c1cc(CNC2CC2)cc(C(C)C)n1)C(C)C. The first-order valence-electron chi connectivity index (χ1n) is 8.52. The smallest absolute Gasteiger partial charge is 0.129 e. The van der Waals surface area contributed by atoms with E-state index in [-0.39, 0.29) is 0 Å². The number of rotatable bonds is 8. The molecule has 0 atom stereocenters. The van der Waals surface area contributed by atoms with Gasteiger partial charge in [-0.25, -0.2) is 4.98 Å². The van der Waals surface area contributed by atoms with Gasteiger partial charge in [-0.15, -0.1) is 0 Å². The molecule has 0 aromatic carbocycles. The second kappa shape index (κ2) is 7.26. The van der Waals surface area contributed by atoms with E-state index in [1.165, 1.54) is 24.1 Å². The standard InChI is InChI=1S/C18H31N3/c1-6-9-21(14(4)5)18-11-15(12-19-16-7-8-16)10-17(20-18)13(2)3/h10-11,13-14,16,19H,6-9,12H2,1-5H3. The molecule has 1 saturated carbocycles. The van der Waals surface area contributed by atoms with Gasteiger partial charge in [0.1, 0.15) is 5.82 Å². The van der Waals surface area contributed by atoms with Crippen molar-refractivity contribution in [3.63, 3.8) is 0 Å². The molecule has 118 valence electrons. The molecule has 0 amide bonds. The van der Waals surface area contributed by atoms with Crippen LogP contribution < -0.4 is 10.2 Å². The van der Waals surface area contributed by atoms with E-state index in [9.17, 15) is 0 Å². The van der Waals surface area contributed by atoms with Crippen LogP contribution in [0.4, 0.5) is 5.82 Å². The molecule has 0 bridgehead atoms. The number of hydrogen-bond acceptors (Lipinski definition) is 3. The van der Waals surface area contributed by atoms with Gasteiger partial charge in [0.2, 0.25) is 0 Å². The van der Waals surface area contributed by atoms with Crippen molar-refractivity contribution in [3.05, 3.63) is 23.4 Å². The molecule has 1 aliphatic carbocycles. The molecule has 21 heavy (non-hydrogen) atoms. The van der Waals surface area contributed by atoms with Crippen LogP contribution in [0.1, 0.15) is 71.1 Å². The molecule has 0 radical (unpaired) electrons. The summed E-state index contributed by atoms with van der Waals surface area (Å²) in [6, 6.07) is 5.79. The summed E-state index contributed by atoms with van der Waals surface area (Å²) in [6.07, 6.45) is 3.83. The third-order valence-electron chi connectivity index (χ3n) is 4.04. The summed E-state index contributed by atoms with van der Waals surface area (Å²) >= 11 is 0. The maximum Gasteiger partial charge on any atom is 0.129 e. The summed E-state index contributed by atoms with van der Waals surface area (Å²) in [5.41, 5.74) is 2.58. The quantitative estimate of drug-likeness (QED) is 0.781. The van der Waals surface area contributed by atoms with Crippen LogP contribution in [0.25, 0.3) is 0 Å². The van der Waals surface area contributed by atoms with Gasteiger partial charge in [0.05, 0.1) is 0 Å². The van der Waals surface area contributed by atoms with Gasteiger partial charge in [0.15, 0.2) is 0 Å². The Morgan fingerprint density at radius 3 is 2.48 bits per heavy atom.